The minimum Gasteiger partial charge on any atom is -0.478 e. The Morgan fingerprint density at radius 3 is 2.52 bits per heavy atom. The van der Waals surface area contributed by atoms with Gasteiger partial charge in [0.15, 0.2) is 9.84 Å². The van der Waals surface area contributed by atoms with Crippen LogP contribution in [0.3, 0.4) is 0 Å². The molecule has 0 spiro atoms. The highest BCUT2D eigenvalue weighted by atomic mass is 32.2. The third kappa shape index (κ3) is 3.09. The van der Waals surface area contributed by atoms with E-state index in [1.807, 2.05) is 6.92 Å². The number of sulfone groups is 1. The van der Waals surface area contributed by atoms with Crippen LogP contribution >= 0.6 is 0 Å². The maximum Gasteiger partial charge on any atom is 0.335 e. The van der Waals surface area contributed by atoms with E-state index in [2.05, 4.69) is 9.97 Å². The summed E-state index contributed by atoms with van der Waals surface area (Å²) in [5.74, 6) is -1.04. The lowest BCUT2D eigenvalue weighted by molar-refractivity contribution is 0.0697. The largest absolute Gasteiger partial charge is 0.478 e. The molecule has 118 valence electrons. The first-order chi connectivity index (χ1) is 10.8. The molecule has 0 bridgehead atoms. The van der Waals surface area contributed by atoms with Gasteiger partial charge in [-0.25, -0.2) is 18.2 Å². The highest BCUT2D eigenvalue weighted by molar-refractivity contribution is 7.90. The molecule has 2 aromatic carbocycles. The van der Waals surface area contributed by atoms with Crippen LogP contribution in [0.15, 0.2) is 47.4 Å². The molecular weight excluding hydrogens is 316 g/mol. The Hall–Kier alpha value is -2.67. The van der Waals surface area contributed by atoms with Crippen molar-refractivity contribution in [1.82, 2.24) is 9.97 Å². The number of benzene rings is 2. The number of imidazole rings is 1. The van der Waals surface area contributed by atoms with Crippen LogP contribution in [0.4, 0.5) is 0 Å². The van der Waals surface area contributed by atoms with Gasteiger partial charge in [-0.05, 0) is 37.3 Å². The van der Waals surface area contributed by atoms with E-state index < -0.39 is 15.8 Å². The predicted molar refractivity (Wildman–Crippen MR) is 85.1 cm³/mol. The van der Waals surface area contributed by atoms with Crippen LogP contribution in [-0.2, 0) is 15.6 Å². The van der Waals surface area contributed by atoms with Gasteiger partial charge >= 0.3 is 5.97 Å². The average Bonchev–Trinajstić information content (AvgIpc) is 2.87. The highest BCUT2D eigenvalue weighted by Gasteiger charge is 2.18. The number of hydrogen-bond donors (Lipinski definition) is 2. The van der Waals surface area contributed by atoms with E-state index in [0.29, 0.717) is 11.0 Å². The van der Waals surface area contributed by atoms with Gasteiger partial charge in [0, 0.05) is 0 Å². The van der Waals surface area contributed by atoms with Gasteiger partial charge in [-0.1, -0.05) is 17.7 Å². The summed E-state index contributed by atoms with van der Waals surface area (Å²) in [6.07, 6.45) is 0. The standard InChI is InChI=1S/C16H14N2O4S/c1-10-2-5-12(6-3-10)23(21,22)9-15-17-13-7-4-11(16(19)20)8-14(13)18-15/h2-8H,9H2,1H3,(H,17,18)(H,19,20). The summed E-state index contributed by atoms with van der Waals surface area (Å²) in [7, 11) is -3.51. The molecule has 0 unspecified atom stereocenters. The fraction of sp³-hybridized carbons (Fsp3) is 0.125. The Labute approximate surface area is 132 Å². The van der Waals surface area contributed by atoms with Crippen LogP contribution in [0.5, 0.6) is 0 Å². The number of aromatic carboxylic acids is 1. The van der Waals surface area contributed by atoms with Crippen molar-refractivity contribution < 1.29 is 18.3 Å². The number of hydrogen-bond acceptors (Lipinski definition) is 4. The zero-order chi connectivity index (χ0) is 16.6. The zero-order valence-corrected chi connectivity index (χ0v) is 13.1. The Morgan fingerprint density at radius 2 is 1.87 bits per heavy atom. The van der Waals surface area contributed by atoms with Crippen molar-refractivity contribution in [2.75, 3.05) is 0 Å². The van der Waals surface area contributed by atoms with Gasteiger partial charge in [0.05, 0.1) is 21.5 Å². The fourth-order valence-electron chi connectivity index (χ4n) is 2.27. The zero-order valence-electron chi connectivity index (χ0n) is 12.3. The van der Waals surface area contributed by atoms with Crippen molar-refractivity contribution in [2.45, 2.75) is 17.6 Å². The molecule has 0 saturated heterocycles. The molecule has 3 aromatic rings. The number of nitrogens with zero attached hydrogens (tertiary/aromatic N) is 1. The Bertz CT molecular complexity index is 989. The van der Waals surface area contributed by atoms with E-state index in [1.54, 1.807) is 30.3 Å². The number of carbonyl (C=O) groups is 1. The molecule has 6 nitrogen and oxygen atoms in total. The van der Waals surface area contributed by atoms with Crippen molar-refractivity contribution in [3.05, 3.63) is 59.4 Å². The third-order valence-electron chi connectivity index (χ3n) is 3.48. The minimum absolute atomic E-state index is 0.120. The number of fused-ring (bicyclic) bond motifs is 1. The minimum atomic E-state index is -3.51. The molecule has 0 aliphatic rings. The molecule has 0 atom stereocenters. The smallest absolute Gasteiger partial charge is 0.335 e. The number of aryl methyl sites for hydroxylation is 1. The molecule has 0 saturated carbocycles. The summed E-state index contributed by atoms with van der Waals surface area (Å²) in [6.45, 7) is 1.88. The summed E-state index contributed by atoms with van der Waals surface area (Å²) in [4.78, 5) is 18.3. The Kier molecular flexibility index (Phi) is 3.65. The molecule has 0 radical (unpaired) electrons. The Balaban J connectivity index is 1.94. The van der Waals surface area contributed by atoms with Gasteiger partial charge in [-0.15, -0.1) is 0 Å². The van der Waals surface area contributed by atoms with Gasteiger partial charge in [0.1, 0.15) is 11.6 Å². The molecule has 3 rings (SSSR count). The van der Waals surface area contributed by atoms with Crippen LogP contribution in [0.25, 0.3) is 11.0 Å². The quantitative estimate of drug-likeness (QED) is 0.765. The first kappa shape index (κ1) is 15.2. The average molecular weight is 330 g/mol. The molecule has 2 N–H and O–H groups in total. The van der Waals surface area contributed by atoms with Gasteiger partial charge in [0.2, 0.25) is 0 Å². The first-order valence-corrected chi connectivity index (χ1v) is 8.52. The maximum absolute atomic E-state index is 12.4. The Morgan fingerprint density at radius 1 is 1.17 bits per heavy atom. The number of aromatic amines is 1. The van der Waals surface area contributed by atoms with Crippen molar-refractivity contribution >= 4 is 26.8 Å². The number of nitrogens with one attached hydrogen (secondary N) is 1. The van der Waals surface area contributed by atoms with Crippen molar-refractivity contribution in [3.63, 3.8) is 0 Å². The number of rotatable bonds is 4. The monoisotopic (exact) mass is 330 g/mol. The number of aromatic nitrogens is 2. The lowest BCUT2D eigenvalue weighted by Gasteiger charge is -2.02. The maximum atomic E-state index is 12.4. The molecule has 1 aromatic heterocycles. The van der Waals surface area contributed by atoms with E-state index in [9.17, 15) is 13.2 Å². The van der Waals surface area contributed by atoms with Gasteiger partial charge in [-0.2, -0.15) is 0 Å². The summed E-state index contributed by atoms with van der Waals surface area (Å²) in [5, 5.41) is 8.98. The van der Waals surface area contributed by atoms with Gasteiger partial charge in [0.25, 0.3) is 0 Å². The molecule has 0 aliphatic carbocycles. The molecule has 7 heteroatoms. The second kappa shape index (κ2) is 5.51. The lowest BCUT2D eigenvalue weighted by Crippen LogP contribution is -2.06. The summed E-state index contributed by atoms with van der Waals surface area (Å²) in [6, 6.07) is 11.0. The second-order valence-corrected chi connectivity index (χ2v) is 7.28. The molecule has 0 fully saturated rings. The SMILES string of the molecule is Cc1ccc(S(=O)(=O)Cc2nc3ccc(C(=O)O)cc3[nH]2)cc1. The van der Waals surface area contributed by atoms with Crippen LogP contribution in [0.1, 0.15) is 21.7 Å². The third-order valence-corrected chi connectivity index (χ3v) is 5.13. The molecule has 1 heterocycles. The van der Waals surface area contributed by atoms with E-state index in [1.165, 1.54) is 12.1 Å². The normalized spacial score (nSPS) is 11.7. The highest BCUT2D eigenvalue weighted by Crippen LogP contribution is 2.19. The first-order valence-electron chi connectivity index (χ1n) is 6.86. The predicted octanol–water partition coefficient (Wildman–Crippen LogP) is 2.54. The summed E-state index contributed by atoms with van der Waals surface area (Å²) >= 11 is 0. The number of carboxylic acid groups (broad SMARTS) is 1. The molecule has 0 amide bonds. The van der Waals surface area contributed by atoms with Crippen LogP contribution in [0.2, 0.25) is 0 Å². The van der Waals surface area contributed by atoms with Crippen molar-refractivity contribution in [1.29, 1.82) is 0 Å². The fourth-order valence-corrected chi connectivity index (χ4v) is 3.49. The van der Waals surface area contributed by atoms with E-state index >= 15 is 0 Å². The van der Waals surface area contributed by atoms with Crippen LogP contribution < -0.4 is 0 Å². The van der Waals surface area contributed by atoms with Crippen LogP contribution in [-0.4, -0.2) is 29.5 Å². The topological polar surface area (TPSA) is 100 Å². The number of carboxylic acids is 1. The van der Waals surface area contributed by atoms with E-state index in [-0.39, 0.29) is 22.0 Å². The van der Waals surface area contributed by atoms with Crippen molar-refractivity contribution in [2.24, 2.45) is 0 Å². The molecular formula is C16H14N2O4S. The van der Waals surface area contributed by atoms with Gasteiger partial charge in [-0.3, -0.25) is 0 Å². The van der Waals surface area contributed by atoms with Gasteiger partial charge < -0.3 is 10.1 Å². The number of H-pyrrole nitrogens is 1. The summed E-state index contributed by atoms with van der Waals surface area (Å²) < 4.78 is 24.8. The van der Waals surface area contributed by atoms with E-state index in [4.69, 9.17) is 5.11 Å². The summed E-state index contributed by atoms with van der Waals surface area (Å²) in [5.41, 5.74) is 2.13. The van der Waals surface area contributed by atoms with Crippen LogP contribution in [0, 0.1) is 6.92 Å². The second-order valence-electron chi connectivity index (χ2n) is 5.29. The molecule has 23 heavy (non-hydrogen) atoms. The lowest BCUT2D eigenvalue weighted by atomic mass is 10.2. The van der Waals surface area contributed by atoms with Crippen molar-refractivity contribution in [3.8, 4) is 0 Å². The van der Waals surface area contributed by atoms with E-state index in [0.717, 1.165) is 5.56 Å². The molecule has 0 aliphatic heterocycles.